The smallest absolute Gasteiger partial charge is 0.306 e. The van der Waals surface area contributed by atoms with Crippen LogP contribution in [0.3, 0.4) is 0 Å². The number of methoxy groups -OCH3 is 2. The van der Waals surface area contributed by atoms with Crippen molar-refractivity contribution < 1.29 is 19.1 Å². The minimum atomic E-state index is -0.335. The van der Waals surface area contributed by atoms with Crippen LogP contribution in [0, 0.1) is 5.92 Å². The first-order valence-corrected chi connectivity index (χ1v) is 7.08. The second-order valence-corrected chi connectivity index (χ2v) is 5.35. The molecule has 1 amide bonds. The zero-order valence-electron chi connectivity index (χ0n) is 12.9. The number of esters is 1. The van der Waals surface area contributed by atoms with Gasteiger partial charge in [0.2, 0.25) is 5.91 Å². The van der Waals surface area contributed by atoms with Gasteiger partial charge in [0.1, 0.15) is 0 Å². The van der Waals surface area contributed by atoms with Crippen LogP contribution in [-0.2, 0) is 19.1 Å². The molecule has 6 nitrogen and oxygen atoms in total. The first-order chi connectivity index (χ1) is 9.49. The van der Waals surface area contributed by atoms with Gasteiger partial charge in [-0.2, -0.15) is 0 Å². The van der Waals surface area contributed by atoms with E-state index in [2.05, 4.69) is 16.6 Å². The van der Waals surface area contributed by atoms with E-state index in [1.807, 2.05) is 4.90 Å². The normalized spacial score (nSPS) is 19.5. The molecule has 1 heterocycles. The van der Waals surface area contributed by atoms with Crippen LogP contribution >= 0.6 is 0 Å². The Balaban J connectivity index is 2.40. The number of carbonyl (C=O) groups is 2. The molecule has 0 saturated carbocycles. The Morgan fingerprint density at radius 2 is 1.70 bits per heavy atom. The second-order valence-electron chi connectivity index (χ2n) is 5.35. The summed E-state index contributed by atoms with van der Waals surface area (Å²) in [6, 6.07) is 0.366. The molecule has 0 aromatic carbocycles. The quantitative estimate of drug-likeness (QED) is 0.660. The van der Waals surface area contributed by atoms with Gasteiger partial charge in [0.25, 0.3) is 0 Å². The van der Waals surface area contributed by atoms with E-state index in [0.717, 1.165) is 13.1 Å². The highest BCUT2D eigenvalue weighted by Crippen LogP contribution is 2.12. The molecule has 0 aliphatic carbocycles. The molecule has 0 spiro atoms. The number of amides is 1. The lowest BCUT2D eigenvalue weighted by molar-refractivity contribution is -0.147. The van der Waals surface area contributed by atoms with Gasteiger partial charge in [-0.3, -0.25) is 14.5 Å². The molecule has 1 fully saturated rings. The van der Waals surface area contributed by atoms with Gasteiger partial charge in [0.05, 0.1) is 20.1 Å². The van der Waals surface area contributed by atoms with Crippen LogP contribution in [0.4, 0.5) is 0 Å². The molecule has 0 unspecified atom stereocenters. The van der Waals surface area contributed by atoms with Gasteiger partial charge in [-0.05, 0) is 6.92 Å². The van der Waals surface area contributed by atoms with E-state index in [4.69, 9.17) is 4.74 Å². The van der Waals surface area contributed by atoms with Gasteiger partial charge in [-0.1, -0.05) is 6.92 Å². The van der Waals surface area contributed by atoms with Gasteiger partial charge in [0, 0.05) is 45.2 Å². The van der Waals surface area contributed by atoms with Crippen LogP contribution in [0.5, 0.6) is 0 Å². The van der Waals surface area contributed by atoms with Crippen molar-refractivity contribution in [3.63, 3.8) is 0 Å². The molecule has 6 heteroatoms. The van der Waals surface area contributed by atoms with Crippen LogP contribution < -0.4 is 0 Å². The van der Waals surface area contributed by atoms with Gasteiger partial charge in [0.15, 0.2) is 0 Å². The lowest BCUT2D eigenvalue weighted by Crippen LogP contribution is -2.53. The zero-order chi connectivity index (χ0) is 15.1. The SMILES string of the molecule is COC[C@H](C)N1CCN(C(=O)[C@@H](C)CC(=O)OC)CC1. The fourth-order valence-corrected chi connectivity index (χ4v) is 2.46. The monoisotopic (exact) mass is 286 g/mol. The first-order valence-electron chi connectivity index (χ1n) is 7.08. The zero-order valence-corrected chi connectivity index (χ0v) is 12.9. The summed E-state index contributed by atoms with van der Waals surface area (Å²) in [4.78, 5) is 27.6. The van der Waals surface area contributed by atoms with Crippen molar-refractivity contribution >= 4 is 11.9 Å². The highest BCUT2D eigenvalue weighted by Gasteiger charge is 2.27. The van der Waals surface area contributed by atoms with Crippen molar-refractivity contribution in [2.45, 2.75) is 26.3 Å². The predicted molar refractivity (Wildman–Crippen MR) is 75.3 cm³/mol. The molecule has 0 bridgehead atoms. The molecule has 116 valence electrons. The van der Waals surface area contributed by atoms with Gasteiger partial charge in [-0.25, -0.2) is 0 Å². The average molecular weight is 286 g/mol. The van der Waals surface area contributed by atoms with E-state index in [1.54, 1.807) is 14.0 Å². The summed E-state index contributed by atoms with van der Waals surface area (Å²) < 4.78 is 9.75. The minimum Gasteiger partial charge on any atom is -0.469 e. The van der Waals surface area contributed by atoms with Crippen LogP contribution in [0.15, 0.2) is 0 Å². The maximum absolute atomic E-state index is 12.2. The van der Waals surface area contributed by atoms with Crippen molar-refractivity contribution in [3.05, 3.63) is 0 Å². The van der Waals surface area contributed by atoms with Crippen LogP contribution in [0.25, 0.3) is 0 Å². The molecule has 20 heavy (non-hydrogen) atoms. The Bertz CT molecular complexity index is 327. The Morgan fingerprint density at radius 1 is 1.10 bits per heavy atom. The molecule has 1 aliphatic rings. The van der Waals surface area contributed by atoms with E-state index in [0.29, 0.717) is 25.7 Å². The summed E-state index contributed by atoms with van der Waals surface area (Å²) in [6.45, 7) is 7.71. The predicted octanol–water partition coefficient (Wildman–Crippen LogP) is 0.365. The van der Waals surface area contributed by atoms with Crippen molar-refractivity contribution in [2.75, 3.05) is 47.0 Å². The van der Waals surface area contributed by atoms with Crippen LogP contribution in [0.1, 0.15) is 20.3 Å². The molecule has 1 aliphatic heterocycles. The maximum atomic E-state index is 12.2. The van der Waals surface area contributed by atoms with Crippen molar-refractivity contribution in [3.8, 4) is 0 Å². The fourth-order valence-electron chi connectivity index (χ4n) is 2.46. The van der Waals surface area contributed by atoms with Gasteiger partial charge in [-0.15, -0.1) is 0 Å². The largest absolute Gasteiger partial charge is 0.469 e. The van der Waals surface area contributed by atoms with Gasteiger partial charge >= 0.3 is 5.97 Å². The van der Waals surface area contributed by atoms with Gasteiger partial charge < -0.3 is 14.4 Å². The Hall–Kier alpha value is -1.14. The van der Waals surface area contributed by atoms with Crippen molar-refractivity contribution in [2.24, 2.45) is 5.92 Å². The van der Waals surface area contributed by atoms with Crippen LogP contribution in [0.2, 0.25) is 0 Å². The minimum absolute atomic E-state index is 0.0365. The first kappa shape index (κ1) is 16.9. The summed E-state index contributed by atoms with van der Waals surface area (Å²) in [5, 5.41) is 0. The third kappa shape index (κ3) is 4.76. The third-order valence-corrected chi connectivity index (χ3v) is 3.78. The molecule has 0 aromatic rings. The molecular formula is C14H26N2O4. The summed E-state index contributed by atoms with van der Waals surface area (Å²) in [5.74, 6) is -0.613. The lowest BCUT2D eigenvalue weighted by Gasteiger charge is -2.38. The number of ether oxygens (including phenoxy) is 2. The summed E-state index contributed by atoms with van der Waals surface area (Å²) in [5.41, 5.74) is 0. The van der Waals surface area contributed by atoms with E-state index in [9.17, 15) is 9.59 Å². The molecule has 0 radical (unpaired) electrons. The Kier molecular flexibility index (Phi) is 6.95. The topological polar surface area (TPSA) is 59.1 Å². The third-order valence-electron chi connectivity index (χ3n) is 3.78. The van der Waals surface area contributed by atoms with E-state index in [1.165, 1.54) is 7.11 Å². The Labute approximate surface area is 121 Å². The van der Waals surface area contributed by atoms with E-state index < -0.39 is 0 Å². The number of hydrogen-bond acceptors (Lipinski definition) is 5. The number of nitrogens with zero attached hydrogens (tertiary/aromatic N) is 2. The molecule has 1 saturated heterocycles. The molecule has 2 atom stereocenters. The van der Waals surface area contributed by atoms with Crippen molar-refractivity contribution in [1.29, 1.82) is 0 Å². The highest BCUT2D eigenvalue weighted by atomic mass is 16.5. The number of hydrogen-bond donors (Lipinski definition) is 0. The average Bonchev–Trinajstić information content (AvgIpc) is 2.46. The molecule has 0 N–H and O–H groups in total. The summed E-state index contributed by atoms with van der Waals surface area (Å²) >= 11 is 0. The number of carbonyl (C=O) groups excluding carboxylic acids is 2. The lowest BCUT2D eigenvalue weighted by atomic mass is 10.1. The van der Waals surface area contributed by atoms with Crippen LogP contribution in [-0.4, -0.2) is 74.7 Å². The highest BCUT2D eigenvalue weighted by molar-refractivity contribution is 5.83. The number of rotatable bonds is 6. The Morgan fingerprint density at radius 3 is 2.20 bits per heavy atom. The summed E-state index contributed by atoms with van der Waals surface area (Å²) in [6.07, 6.45) is 0.148. The molecular weight excluding hydrogens is 260 g/mol. The van der Waals surface area contributed by atoms with E-state index >= 15 is 0 Å². The van der Waals surface area contributed by atoms with E-state index in [-0.39, 0.29) is 24.2 Å². The fraction of sp³-hybridized carbons (Fsp3) is 0.857. The maximum Gasteiger partial charge on any atom is 0.306 e. The second kappa shape index (κ2) is 8.21. The van der Waals surface area contributed by atoms with Crippen molar-refractivity contribution in [1.82, 2.24) is 9.80 Å². The summed E-state index contributed by atoms with van der Waals surface area (Å²) in [7, 11) is 3.04. The standard InChI is InChI=1S/C14H26N2O4/c1-11(9-13(17)20-4)14(18)16-7-5-15(6-8-16)12(2)10-19-3/h11-12H,5-10H2,1-4H3/t11-,12-/m0/s1. The number of piperazine rings is 1. The molecule has 0 aromatic heterocycles. The molecule has 1 rings (SSSR count).